The smallest absolute Gasteiger partial charge is 0.240 e. The van der Waals surface area contributed by atoms with Gasteiger partial charge in [0.25, 0.3) is 0 Å². The zero-order valence-electron chi connectivity index (χ0n) is 16.5. The maximum atomic E-state index is 12.5. The molecule has 2 aromatic carbocycles. The number of aliphatic hydroxyl groups excluding tert-OH is 1. The van der Waals surface area contributed by atoms with Crippen LogP contribution in [0.3, 0.4) is 0 Å². The van der Waals surface area contributed by atoms with E-state index in [1.807, 2.05) is 12.1 Å². The second-order valence-electron chi connectivity index (χ2n) is 6.90. The van der Waals surface area contributed by atoms with E-state index in [4.69, 9.17) is 11.6 Å². The van der Waals surface area contributed by atoms with Crippen LogP contribution >= 0.6 is 23.4 Å². The molecule has 2 N–H and O–H groups in total. The van der Waals surface area contributed by atoms with Gasteiger partial charge in [0.2, 0.25) is 5.91 Å². The van der Waals surface area contributed by atoms with Crippen molar-refractivity contribution in [3.05, 3.63) is 81.6 Å². The molecule has 0 atom stereocenters. The van der Waals surface area contributed by atoms with Crippen LogP contribution in [-0.2, 0) is 30.2 Å². The van der Waals surface area contributed by atoms with Gasteiger partial charge in [0, 0.05) is 17.3 Å². The highest BCUT2D eigenvalue weighted by molar-refractivity contribution is 7.98. The van der Waals surface area contributed by atoms with Crippen molar-refractivity contribution in [2.45, 2.75) is 44.5 Å². The Morgan fingerprint density at radius 3 is 2.69 bits per heavy atom. The summed E-state index contributed by atoms with van der Waals surface area (Å²) in [7, 11) is 0. The Morgan fingerprint density at radius 2 is 1.97 bits per heavy atom. The van der Waals surface area contributed by atoms with Gasteiger partial charge < -0.3 is 15.0 Å². The average molecular weight is 430 g/mol. The van der Waals surface area contributed by atoms with Crippen molar-refractivity contribution in [3.63, 3.8) is 0 Å². The molecule has 0 aliphatic rings. The largest absolute Gasteiger partial charge is 0.390 e. The predicted molar refractivity (Wildman–Crippen MR) is 117 cm³/mol. The molecule has 0 aliphatic heterocycles. The number of aliphatic hydroxyl groups is 1. The van der Waals surface area contributed by atoms with Crippen LogP contribution in [0.2, 0.25) is 5.02 Å². The molecule has 3 rings (SSSR count). The van der Waals surface area contributed by atoms with Gasteiger partial charge in [0.05, 0.1) is 18.5 Å². The first-order chi connectivity index (χ1) is 14.0. The van der Waals surface area contributed by atoms with E-state index in [0.29, 0.717) is 17.3 Å². The second-order valence-corrected chi connectivity index (χ2v) is 8.28. The van der Waals surface area contributed by atoms with Crippen LogP contribution < -0.4 is 5.32 Å². The van der Waals surface area contributed by atoms with Crippen molar-refractivity contribution in [1.82, 2.24) is 14.9 Å². The Hall–Kier alpha value is -2.28. The highest BCUT2D eigenvalue weighted by Gasteiger charge is 2.14. The third kappa shape index (κ3) is 5.85. The van der Waals surface area contributed by atoms with Crippen LogP contribution in [0.15, 0.2) is 53.8 Å². The maximum Gasteiger partial charge on any atom is 0.240 e. The van der Waals surface area contributed by atoms with Crippen molar-refractivity contribution in [1.29, 1.82) is 0 Å². The molecule has 0 unspecified atom stereocenters. The number of aryl methyl sites for hydroxylation is 2. The number of hydrogen-bond acceptors (Lipinski definition) is 4. The molecule has 5 nitrogen and oxygen atoms in total. The average Bonchev–Trinajstić information content (AvgIpc) is 3.09. The number of halogens is 1. The summed E-state index contributed by atoms with van der Waals surface area (Å²) >= 11 is 7.45. The summed E-state index contributed by atoms with van der Waals surface area (Å²) in [6, 6.07) is 13.7. The lowest BCUT2D eigenvalue weighted by Crippen LogP contribution is -2.28. The highest BCUT2D eigenvalue weighted by Crippen LogP contribution is 2.25. The van der Waals surface area contributed by atoms with Crippen molar-refractivity contribution < 1.29 is 9.90 Å². The highest BCUT2D eigenvalue weighted by atomic mass is 35.5. The minimum atomic E-state index is -0.165. The van der Waals surface area contributed by atoms with E-state index >= 15 is 0 Å². The van der Waals surface area contributed by atoms with Gasteiger partial charge in [0.1, 0.15) is 6.54 Å². The molecule has 1 aromatic heterocycles. The van der Waals surface area contributed by atoms with Crippen LogP contribution in [0.25, 0.3) is 0 Å². The molecule has 0 fully saturated rings. The molecular formula is C22H24ClN3O2S. The van der Waals surface area contributed by atoms with E-state index in [0.717, 1.165) is 16.5 Å². The lowest BCUT2D eigenvalue weighted by Gasteiger charge is -2.12. The second kappa shape index (κ2) is 9.96. The Morgan fingerprint density at radius 1 is 1.21 bits per heavy atom. The monoisotopic (exact) mass is 429 g/mol. The molecule has 0 bridgehead atoms. The number of carbonyl (C=O) groups excluding carboxylic acids is 1. The predicted octanol–water partition coefficient (Wildman–Crippen LogP) is 4.25. The number of hydrogen-bond donors (Lipinski definition) is 2. The Kier molecular flexibility index (Phi) is 7.36. The molecule has 1 heterocycles. The maximum absolute atomic E-state index is 12.5. The molecule has 1 amide bonds. The van der Waals surface area contributed by atoms with E-state index < -0.39 is 0 Å². The van der Waals surface area contributed by atoms with Crippen molar-refractivity contribution in [2.75, 3.05) is 0 Å². The van der Waals surface area contributed by atoms with Crippen molar-refractivity contribution in [3.8, 4) is 0 Å². The number of rotatable bonds is 8. The number of nitrogens with zero attached hydrogens (tertiary/aromatic N) is 2. The first-order valence-corrected chi connectivity index (χ1v) is 10.7. The van der Waals surface area contributed by atoms with Crippen LogP contribution in [-0.4, -0.2) is 20.6 Å². The Bertz CT molecular complexity index is 986. The molecular weight excluding hydrogens is 406 g/mol. The molecule has 0 saturated heterocycles. The summed E-state index contributed by atoms with van der Waals surface area (Å²) in [5.74, 6) is 0.614. The number of carbonyl (C=O) groups is 1. The summed E-state index contributed by atoms with van der Waals surface area (Å²) in [5, 5.41) is 13.9. The number of benzene rings is 2. The fraction of sp³-hybridized carbons (Fsp3) is 0.273. The third-order valence-electron chi connectivity index (χ3n) is 4.63. The molecule has 0 aliphatic carbocycles. The Balaban J connectivity index is 1.65. The van der Waals surface area contributed by atoms with E-state index in [-0.39, 0.29) is 19.1 Å². The lowest BCUT2D eigenvalue weighted by molar-refractivity contribution is -0.122. The standard InChI is InChI=1S/C22H24ClN3O2S/c1-15-3-4-16(2)18(9-15)14-29-22-25-11-20(13-27)26(22)12-21(28)24-10-17-5-7-19(23)8-6-17/h3-9,11,27H,10,12-14H2,1-2H3,(H,24,28). The number of nitrogens with one attached hydrogen (secondary N) is 1. The summed E-state index contributed by atoms with van der Waals surface area (Å²) in [6.45, 7) is 4.53. The molecule has 29 heavy (non-hydrogen) atoms. The van der Waals surface area contributed by atoms with Crippen LogP contribution in [0.5, 0.6) is 0 Å². The first kappa shape index (κ1) is 21.4. The van der Waals surface area contributed by atoms with Gasteiger partial charge in [-0.2, -0.15) is 0 Å². The van der Waals surface area contributed by atoms with Gasteiger partial charge in [-0.05, 0) is 42.7 Å². The SMILES string of the molecule is Cc1ccc(C)c(CSc2ncc(CO)n2CC(=O)NCc2ccc(Cl)cc2)c1. The minimum absolute atomic E-state index is 0.110. The summed E-state index contributed by atoms with van der Waals surface area (Å²) in [4.78, 5) is 16.9. The van der Waals surface area contributed by atoms with Gasteiger partial charge in [-0.3, -0.25) is 4.79 Å². The fourth-order valence-electron chi connectivity index (χ4n) is 2.90. The van der Waals surface area contributed by atoms with Crippen molar-refractivity contribution >= 4 is 29.3 Å². The Labute approximate surface area is 180 Å². The van der Waals surface area contributed by atoms with Gasteiger partial charge in [-0.1, -0.05) is 59.3 Å². The topological polar surface area (TPSA) is 67.2 Å². The zero-order chi connectivity index (χ0) is 20.8. The minimum Gasteiger partial charge on any atom is -0.390 e. The fourth-order valence-corrected chi connectivity index (χ4v) is 4.09. The van der Waals surface area contributed by atoms with Gasteiger partial charge in [-0.25, -0.2) is 4.98 Å². The number of amides is 1. The summed E-state index contributed by atoms with van der Waals surface area (Å²) in [5.41, 5.74) is 5.27. The molecule has 7 heteroatoms. The van der Waals surface area contributed by atoms with E-state index in [2.05, 4.69) is 42.3 Å². The normalized spacial score (nSPS) is 10.9. The third-order valence-corrected chi connectivity index (χ3v) is 5.92. The molecule has 0 radical (unpaired) electrons. The van der Waals surface area contributed by atoms with E-state index in [1.54, 1.807) is 34.7 Å². The summed E-state index contributed by atoms with van der Waals surface area (Å²) in [6.07, 6.45) is 1.62. The van der Waals surface area contributed by atoms with E-state index in [1.165, 1.54) is 16.7 Å². The van der Waals surface area contributed by atoms with Gasteiger partial charge in [0.15, 0.2) is 5.16 Å². The zero-order valence-corrected chi connectivity index (χ0v) is 18.1. The molecule has 0 saturated carbocycles. The van der Waals surface area contributed by atoms with Gasteiger partial charge in [-0.15, -0.1) is 0 Å². The van der Waals surface area contributed by atoms with Crippen molar-refractivity contribution in [2.24, 2.45) is 0 Å². The first-order valence-electron chi connectivity index (χ1n) is 9.31. The number of aromatic nitrogens is 2. The van der Waals surface area contributed by atoms with Crippen LogP contribution in [0.4, 0.5) is 0 Å². The molecule has 152 valence electrons. The number of thioether (sulfide) groups is 1. The number of imidazole rings is 1. The van der Waals surface area contributed by atoms with Crippen LogP contribution in [0, 0.1) is 13.8 Å². The quantitative estimate of drug-likeness (QED) is 0.525. The van der Waals surface area contributed by atoms with Gasteiger partial charge >= 0.3 is 0 Å². The van der Waals surface area contributed by atoms with Crippen LogP contribution in [0.1, 0.15) is 27.9 Å². The summed E-state index contributed by atoms with van der Waals surface area (Å²) < 4.78 is 1.77. The van der Waals surface area contributed by atoms with E-state index in [9.17, 15) is 9.90 Å². The molecule has 0 spiro atoms. The molecule has 3 aromatic rings. The lowest BCUT2D eigenvalue weighted by atomic mass is 10.1.